The number of nitrogens with two attached hydrogens (primary N) is 1. The number of rotatable bonds is 4. The molecule has 2 nitrogen and oxygen atoms in total. The van der Waals surface area contributed by atoms with Crippen molar-refractivity contribution in [1.29, 1.82) is 0 Å². The van der Waals surface area contributed by atoms with E-state index >= 15 is 0 Å². The summed E-state index contributed by atoms with van der Waals surface area (Å²) in [5.74, 6) is 0. The van der Waals surface area contributed by atoms with Gasteiger partial charge >= 0.3 is 12.4 Å². The molecule has 0 fully saturated rings. The Labute approximate surface area is 109 Å². The van der Waals surface area contributed by atoms with Gasteiger partial charge in [-0.15, -0.1) is 11.3 Å². The standard InChI is InChI=1S/C10H11F6NOS/c1-5-2-3-19-7(5)6(4-17)18-8(9(11,12)13)10(14,15)16/h2-3,6,8H,4,17H2,1H3. The fourth-order valence-electron chi connectivity index (χ4n) is 1.44. The van der Waals surface area contributed by atoms with Gasteiger partial charge in [0.05, 0.1) is 0 Å². The van der Waals surface area contributed by atoms with Gasteiger partial charge in [0.1, 0.15) is 6.10 Å². The Morgan fingerprint density at radius 3 is 2.05 bits per heavy atom. The second-order valence-corrected chi connectivity index (χ2v) is 4.74. The molecule has 9 heteroatoms. The first-order chi connectivity index (χ1) is 8.57. The normalized spacial score (nSPS) is 15.0. The molecule has 1 rings (SSSR count). The van der Waals surface area contributed by atoms with Crippen molar-refractivity contribution in [3.63, 3.8) is 0 Å². The molecule has 0 radical (unpaired) electrons. The zero-order chi connectivity index (χ0) is 14.8. The molecule has 110 valence electrons. The van der Waals surface area contributed by atoms with Crippen LogP contribution < -0.4 is 5.73 Å². The van der Waals surface area contributed by atoms with Crippen molar-refractivity contribution in [2.75, 3.05) is 6.54 Å². The smallest absolute Gasteiger partial charge is 0.351 e. The highest BCUT2D eigenvalue weighted by Crippen LogP contribution is 2.39. The van der Waals surface area contributed by atoms with Crippen LogP contribution in [0.25, 0.3) is 0 Å². The third kappa shape index (κ3) is 4.08. The van der Waals surface area contributed by atoms with Gasteiger partial charge < -0.3 is 10.5 Å². The first-order valence-corrected chi connectivity index (χ1v) is 5.98. The van der Waals surface area contributed by atoms with E-state index in [4.69, 9.17) is 5.73 Å². The highest BCUT2D eigenvalue weighted by atomic mass is 32.1. The van der Waals surface area contributed by atoms with Crippen LogP contribution in [0, 0.1) is 6.92 Å². The van der Waals surface area contributed by atoms with E-state index in [1.54, 1.807) is 18.4 Å². The number of hydrogen-bond acceptors (Lipinski definition) is 3. The highest BCUT2D eigenvalue weighted by Gasteiger charge is 2.58. The summed E-state index contributed by atoms with van der Waals surface area (Å²) in [5.41, 5.74) is 5.76. The maximum Gasteiger partial charge on any atom is 0.423 e. The third-order valence-corrected chi connectivity index (χ3v) is 3.41. The molecule has 0 aromatic carbocycles. The van der Waals surface area contributed by atoms with Crippen LogP contribution in [0.5, 0.6) is 0 Å². The van der Waals surface area contributed by atoms with Crippen molar-refractivity contribution >= 4 is 11.3 Å². The Hall–Kier alpha value is -0.800. The Morgan fingerprint density at radius 1 is 1.21 bits per heavy atom. The zero-order valence-electron chi connectivity index (χ0n) is 9.68. The van der Waals surface area contributed by atoms with E-state index in [-0.39, 0.29) is 4.88 Å². The first kappa shape index (κ1) is 16.3. The maximum atomic E-state index is 12.4. The van der Waals surface area contributed by atoms with Gasteiger partial charge in [-0.05, 0) is 23.9 Å². The quantitative estimate of drug-likeness (QED) is 0.863. The molecule has 0 aliphatic heterocycles. The topological polar surface area (TPSA) is 35.2 Å². The number of ether oxygens (including phenoxy) is 1. The highest BCUT2D eigenvalue weighted by molar-refractivity contribution is 7.10. The van der Waals surface area contributed by atoms with E-state index in [2.05, 4.69) is 4.74 Å². The number of aryl methyl sites for hydroxylation is 1. The third-order valence-electron chi connectivity index (χ3n) is 2.30. The van der Waals surface area contributed by atoms with Crippen molar-refractivity contribution in [3.05, 3.63) is 21.9 Å². The van der Waals surface area contributed by atoms with Crippen molar-refractivity contribution in [2.45, 2.75) is 31.5 Å². The molecule has 0 amide bonds. The lowest BCUT2D eigenvalue weighted by molar-refractivity contribution is -0.331. The molecule has 19 heavy (non-hydrogen) atoms. The van der Waals surface area contributed by atoms with Crippen LogP contribution >= 0.6 is 11.3 Å². The summed E-state index contributed by atoms with van der Waals surface area (Å²) in [6.07, 6.45) is -16.3. The van der Waals surface area contributed by atoms with E-state index in [9.17, 15) is 26.3 Å². The molecular weight excluding hydrogens is 296 g/mol. The molecule has 1 aromatic rings. The van der Waals surface area contributed by atoms with Crippen molar-refractivity contribution in [1.82, 2.24) is 0 Å². The lowest BCUT2D eigenvalue weighted by Crippen LogP contribution is -2.45. The summed E-state index contributed by atoms with van der Waals surface area (Å²) in [5, 5.41) is 1.55. The first-order valence-electron chi connectivity index (χ1n) is 5.10. The van der Waals surface area contributed by atoms with Gasteiger partial charge in [0, 0.05) is 11.4 Å². The largest absolute Gasteiger partial charge is 0.423 e. The Balaban J connectivity index is 2.98. The van der Waals surface area contributed by atoms with E-state index in [1.807, 2.05) is 0 Å². The van der Waals surface area contributed by atoms with Crippen LogP contribution in [-0.2, 0) is 4.74 Å². The fraction of sp³-hybridized carbons (Fsp3) is 0.600. The van der Waals surface area contributed by atoms with Crippen LogP contribution in [0.3, 0.4) is 0 Å². The summed E-state index contributed by atoms with van der Waals surface area (Å²) < 4.78 is 78.4. The van der Waals surface area contributed by atoms with E-state index in [0.29, 0.717) is 5.56 Å². The van der Waals surface area contributed by atoms with E-state index < -0.39 is 31.1 Å². The molecular formula is C10H11F6NOS. The molecule has 1 unspecified atom stereocenters. The molecule has 0 aliphatic rings. The number of hydrogen-bond donors (Lipinski definition) is 1. The zero-order valence-corrected chi connectivity index (χ0v) is 10.5. The summed E-state index contributed by atoms with van der Waals surface area (Å²) in [4.78, 5) is 0.265. The molecule has 2 N–H and O–H groups in total. The molecule has 0 bridgehead atoms. The summed E-state index contributed by atoms with van der Waals surface area (Å²) in [6, 6.07) is 1.57. The van der Waals surface area contributed by atoms with Crippen LogP contribution in [0.1, 0.15) is 16.5 Å². The Kier molecular flexibility index (Phi) is 4.86. The van der Waals surface area contributed by atoms with Gasteiger partial charge in [0.25, 0.3) is 0 Å². The van der Waals surface area contributed by atoms with Crippen LogP contribution in [-0.4, -0.2) is 25.0 Å². The predicted molar refractivity (Wildman–Crippen MR) is 57.8 cm³/mol. The summed E-state index contributed by atoms with van der Waals surface area (Å²) in [6.45, 7) is 1.10. The van der Waals surface area contributed by atoms with Crippen LogP contribution in [0.4, 0.5) is 26.3 Å². The number of thiophene rings is 1. The van der Waals surface area contributed by atoms with Gasteiger partial charge in [-0.3, -0.25) is 0 Å². The Bertz CT molecular complexity index is 399. The average Bonchev–Trinajstić information content (AvgIpc) is 2.62. The summed E-state index contributed by atoms with van der Waals surface area (Å²) in [7, 11) is 0. The van der Waals surface area contributed by atoms with Crippen LogP contribution in [0.2, 0.25) is 0 Å². The van der Waals surface area contributed by atoms with Gasteiger partial charge in [-0.25, -0.2) is 0 Å². The monoisotopic (exact) mass is 307 g/mol. The molecule has 0 saturated heterocycles. The van der Waals surface area contributed by atoms with Crippen molar-refractivity contribution in [3.8, 4) is 0 Å². The van der Waals surface area contributed by atoms with Crippen molar-refractivity contribution < 1.29 is 31.1 Å². The van der Waals surface area contributed by atoms with Gasteiger partial charge in [-0.1, -0.05) is 0 Å². The van der Waals surface area contributed by atoms with E-state index in [0.717, 1.165) is 11.3 Å². The van der Waals surface area contributed by atoms with E-state index in [1.165, 1.54) is 0 Å². The van der Waals surface area contributed by atoms with Crippen LogP contribution in [0.15, 0.2) is 11.4 Å². The Morgan fingerprint density at radius 2 is 1.74 bits per heavy atom. The lowest BCUT2D eigenvalue weighted by Gasteiger charge is -2.27. The molecule has 1 atom stereocenters. The number of alkyl halides is 6. The number of halogens is 6. The minimum absolute atomic E-state index is 0.265. The molecule has 1 heterocycles. The van der Waals surface area contributed by atoms with Gasteiger partial charge in [0.15, 0.2) is 0 Å². The predicted octanol–water partition coefficient (Wildman–Crippen LogP) is 3.57. The minimum Gasteiger partial charge on any atom is -0.351 e. The second-order valence-electron chi connectivity index (χ2n) is 3.79. The fourth-order valence-corrected chi connectivity index (χ4v) is 2.42. The molecule has 0 saturated carbocycles. The minimum atomic E-state index is -5.53. The maximum absolute atomic E-state index is 12.4. The lowest BCUT2D eigenvalue weighted by atomic mass is 10.2. The SMILES string of the molecule is Cc1ccsc1C(CN)OC(C(F)(F)F)C(F)(F)F. The van der Waals surface area contributed by atoms with Gasteiger partial charge in [-0.2, -0.15) is 26.3 Å². The van der Waals surface area contributed by atoms with Gasteiger partial charge in [0.2, 0.25) is 6.10 Å². The second kappa shape index (κ2) is 5.68. The summed E-state index contributed by atoms with van der Waals surface area (Å²) >= 11 is 1.01. The molecule has 0 aliphatic carbocycles. The average molecular weight is 307 g/mol. The molecule has 0 spiro atoms. The van der Waals surface area contributed by atoms with Crippen molar-refractivity contribution in [2.24, 2.45) is 5.73 Å². The molecule has 1 aromatic heterocycles.